The van der Waals surface area contributed by atoms with Gasteiger partial charge in [0.25, 0.3) is 0 Å². The summed E-state index contributed by atoms with van der Waals surface area (Å²) in [5, 5.41) is 6.01. The molecule has 2 aromatic rings. The molecule has 1 aromatic carbocycles. The Morgan fingerprint density at radius 1 is 1.00 bits per heavy atom. The molecule has 0 bridgehead atoms. The SMILES string of the molecule is C[C@@H](NC(=O)N[C@H](C)c1cccc(N2CCCC2)c1)c1ccncc1. The summed E-state index contributed by atoms with van der Waals surface area (Å²) in [7, 11) is 0. The van der Waals surface area contributed by atoms with E-state index in [-0.39, 0.29) is 18.1 Å². The number of amides is 2. The van der Waals surface area contributed by atoms with Crippen LogP contribution in [0.25, 0.3) is 0 Å². The lowest BCUT2D eigenvalue weighted by Gasteiger charge is -2.22. The molecule has 1 aromatic heterocycles. The predicted molar refractivity (Wildman–Crippen MR) is 101 cm³/mol. The minimum absolute atomic E-state index is 0.0489. The Hall–Kier alpha value is -2.56. The van der Waals surface area contributed by atoms with E-state index in [1.54, 1.807) is 12.4 Å². The molecule has 3 rings (SSSR count). The predicted octanol–water partition coefficient (Wildman–Crippen LogP) is 3.80. The van der Waals surface area contributed by atoms with Crippen LogP contribution in [0.4, 0.5) is 10.5 Å². The fraction of sp³-hybridized carbons (Fsp3) is 0.400. The number of urea groups is 1. The van der Waals surface area contributed by atoms with Crippen molar-refractivity contribution in [2.45, 2.75) is 38.8 Å². The van der Waals surface area contributed by atoms with Gasteiger partial charge in [-0.3, -0.25) is 4.98 Å². The van der Waals surface area contributed by atoms with E-state index in [1.165, 1.54) is 18.5 Å². The molecule has 2 atom stereocenters. The van der Waals surface area contributed by atoms with E-state index in [1.807, 2.05) is 26.0 Å². The molecule has 5 nitrogen and oxygen atoms in total. The number of hydrogen-bond acceptors (Lipinski definition) is 3. The molecule has 0 aliphatic carbocycles. The highest BCUT2D eigenvalue weighted by Gasteiger charge is 2.16. The molecule has 2 amide bonds. The summed E-state index contributed by atoms with van der Waals surface area (Å²) in [6, 6.07) is 12.0. The molecular weight excluding hydrogens is 312 g/mol. The summed E-state index contributed by atoms with van der Waals surface area (Å²) in [6.07, 6.45) is 5.98. The molecule has 0 spiro atoms. The summed E-state index contributed by atoms with van der Waals surface area (Å²) in [6.45, 7) is 6.22. The van der Waals surface area contributed by atoms with Gasteiger partial charge in [-0.05, 0) is 62.1 Å². The van der Waals surface area contributed by atoms with Crippen molar-refractivity contribution in [3.63, 3.8) is 0 Å². The van der Waals surface area contributed by atoms with Crippen molar-refractivity contribution < 1.29 is 4.79 Å². The number of anilines is 1. The second-order valence-electron chi connectivity index (χ2n) is 6.63. The van der Waals surface area contributed by atoms with Gasteiger partial charge in [0.1, 0.15) is 0 Å². The quantitative estimate of drug-likeness (QED) is 0.872. The van der Waals surface area contributed by atoms with Crippen molar-refractivity contribution in [1.82, 2.24) is 15.6 Å². The Kier molecular flexibility index (Phi) is 5.53. The Bertz CT molecular complexity index is 698. The smallest absolute Gasteiger partial charge is 0.315 e. The topological polar surface area (TPSA) is 57.3 Å². The van der Waals surface area contributed by atoms with Crippen molar-refractivity contribution in [3.05, 3.63) is 59.9 Å². The Morgan fingerprint density at radius 3 is 2.32 bits per heavy atom. The van der Waals surface area contributed by atoms with Crippen LogP contribution in [0, 0.1) is 0 Å². The standard InChI is InChI=1S/C20H26N4O/c1-15(17-8-10-21-11-9-17)22-20(25)23-16(2)18-6-5-7-19(14-18)24-12-3-4-13-24/h5-11,14-16H,3-4,12-13H2,1-2H3,(H2,22,23,25)/t15-,16-/m1/s1. The first-order chi connectivity index (χ1) is 12.1. The molecule has 0 unspecified atom stereocenters. The van der Waals surface area contributed by atoms with E-state index in [0.717, 1.165) is 24.2 Å². The van der Waals surface area contributed by atoms with E-state index in [9.17, 15) is 4.79 Å². The summed E-state index contributed by atoms with van der Waals surface area (Å²) in [5.74, 6) is 0. The number of benzene rings is 1. The molecule has 0 saturated carbocycles. The normalized spacial score (nSPS) is 16.3. The maximum absolute atomic E-state index is 12.3. The molecule has 1 saturated heterocycles. The fourth-order valence-electron chi connectivity index (χ4n) is 3.22. The zero-order valence-electron chi connectivity index (χ0n) is 14.9. The van der Waals surface area contributed by atoms with Gasteiger partial charge in [-0.15, -0.1) is 0 Å². The van der Waals surface area contributed by atoms with Gasteiger partial charge in [-0.2, -0.15) is 0 Å². The fourth-order valence-corrected chi connectivity index (χ4v) is 3.22. The van der Waals surface area contributed by atoms with Gasteiger partial charge in [0.15, 0.2) is 0 Å². The minimum Gasteiger partial charge on any atom is -0.372 e. The molecule has 1 aliphatic rings. The van der Waals surface area contributed by atoms with Crippen LogP contribution in [-0.2, 0) is 0 Å². The highest BCUT2D eigenvalue weighted by atomic mass is 16.2. The van der Waals surface area contributed by atoms with Crippen molar-refractivity contribution in [2.75, 3.05) is 18.0 Å². The first kappa shape index (κ1) is 17.3. The van der Waals surface area contributed by atoms with E-state index in [0.29, 0.717) is 0 Å². The summed E-state index contributed by atoms with van der Waals surface area (Å²) in [4.78, 5) is 18.7. The van der Waals surface area contributed by atoms with Gasteiger partial charge >= 0.3 is 6.03 Å². The van der Waals surface area contributed by atoms with Crippen molar-refractivity contribution >= 4 is 11.7 Å². The van der Waals surface area contributed by atoms with Gasteiger partial charge < -0.3 is 15.5 Å². The minimum atomic E-state index is -0.164. The Morgan fingerprint density at radius 2 is 1.64 bits per heavy atom. The second kappa shape index (κ2) is 8.01. The monoisotopic (exact) mass is 338 g/mol. The van der Waals surface area contributed by atoms with E-state index < -0.39 is 0 Å². The van der Waals surface area contributed by atoms with Crippen LogP contribution in [-0.4, -0.2) is 24.1 Å². The largest absolute Gasteiger partial charge is 0.372 e. The average Bonchev–Trinajstić information content (AvgIpc) is 3.17. The first-order valence-electron chi connectivity index (χ1n) is 8.95. The van der Waals surface area contributed by atoms with Crippen molar-refractivity contribution in [2.24, 2.45) is 0 Å². The molecule has 5 heteroatoms. The molecule has 2 N–H and O–H groups in total. The van der Waals surface area contributed by atoms with E-state index >= 15 is 0 Å². The molecule has 0 radical (unpaired) electrons. The number of carbonyl (C=O) groups is 1. The first-order valence-corrected chi connectivity index (χ1v) is 8.95. The number of aromatic nitrogens is 1. The van der Waals surface area contributed by atoms with Crippen LogP contribution < -0.4 is 15.5 Å². The third-order valence-corrected chi connectivity index (χ3v) is 4.74. The third kappa shape index (κ3) is 4.50. The molecule has 25 heavy (non-hydrogen) atoms. The van der Waals surface area contributed by atoms with Crippen LogP contribution in [0.15, 0.2) is 48.8 Å². The number of rotatable bonds is 5. The van der Waals surface area contributed by atoms with Gasteiger partial charge in [0.05, 0.1) is 12.1 Å². The molecule has 1 aliphatic heterocycles. The average molecular weight is 338 g/mol. The second-order valence-corrected chi connectivity index (χ2v) is 6.63. The van der Waals surface area contributed by atoms with Crippen LogP contribution in [0.3, 0.4) is 0 Å². The number of pyridine rings is 1. The van der Waals surface area contributed by atoms with Crippen LogP contribution in [0.5, 0.6) is 0 Å². The summed E-state index contributed by atoms with van der Waals surface area (Å²) >= 11 is 0. The van der Waals surface area contributed by atoms with Crippen LogP contribution >= 0.6 is 0 Å². The zero-order chi connectivity index (χ0) is 17.6. The lowest BCUT2D eigenvalue weighted by Crippen LogP contribution is -2.38. The van der Waals surface area contributed by atoms with Crippen LogP contribution in [0.2, 0.25) is 0 Å². The highest BCUT2D eigenvalue weighted by Crippen LogP contribution is 2.24. The molecule has 2 heterocycles. The van der Waals surface area contributed by atoms with Gasteiger partial charge in [0.2, 0.25) is 0 Å². The van der Waals surface area contributed by atoms with Gasteiger partial charge in [-0.25, -0.2) is 4.79 Å². The lowest BCUT2D eigenvalue weighted by molar-refractivity contribution is 0.235. The molecular formula is C20H26N4O. The van der Waals surface area contributed by atoms with Crippen molar-refractivity contribution in [3.8, 4) is 0 Å². The maximum Gasteiger partial charge on any atom is 0.315 e. The highest BCUT2D eigenvalue weighted by molar-refractivity contribution is 5.75. The molecule has 1 fully saturated rings. The van der Waals surface area contributed by atoms with E-state index in [4.69, 9.17) is 0 Å². The molecule has 132 valence electrons. The summed E-state index contributed by atoms with van der Waals surface area (Å²) < 4.78 is 0. The summed E-state index contributed by atoms with van der Waals surface area (Å²) in [5.41, 5.74) is 3.40. The number of carbonyl (C=O) groups excluding carboxylic acids is 1. The number of hydrogen-bond donors (Lipinski definition) is 2. The van der Waals surface area contributed by atoms with Gasteiger partial charge in [0, 0.05) is 31.2 Å². The zero-order valence-corrected chi connectivity index (χ0v) is 14.9. The lowest BCUT2D eigenvalue weighted by atomic mass is 10.1. The Labute approximate surface area is 149 Å². The number of nitrogens with one attached hydrogen (secondary N) is 2. The van der Waals surface area contributed by atoms with Crippen LogP contribution in [0.1, 0.15) is 49.9 Å². The number of nitrogens with zero attached hydrogens (tertiary/aromatic N) is 2. The van der Waals surface area contributed by atoms with E-state index in [2.05, 4.69) is 44.8 Å². The maximum atomic E-state index is 12.3. The Balaban J connectivity index is 1.59. The third-order valence-electron chi connectivity index (χ3n) is 4.74. The van der Waals surface area contributed by atoms with Crippen molar-refractivity contribution in [1.29, 1.82) is 0 Å². The van der Waals surface area contributed by atoms with Gasteiger partial charge in [-0.1, -0.05) is 12.1 Å².